The van der Waals surface area contributed by atoms with Gasteiger partial charge in [0, 0.05) is 24.0 Å². The van der Waals surface area contributed by atoms with Crippen LogP contribution < -0.4 is 5.73 Å². The number of nitrogen functional groups attached to an aromatic ring is 1. The van der Waals surface area contributed by atoms with Crippen molar-refractivity contribution in [3.8, 4) is 0 Å². The Bertz CT molecular complexity index is 562. The second-order valence-corrected chi connectivity index (χ2v) is 5.97. The molecule has 1 aromatic heterocycles. The Morgan fingerprint density at radius 1 is 1.11 bits per heavy atom. The highest BCUT2D eigenvalue weighted by Crippen LogP contribution is 2.33. The molecule has 3 rings (SSSR count). The summed E-state index contributed by atoms with van der Waals surface area (Å²) in [6.45, 7) is 0. The predicted octanol–water partition coefficient (Wildman–Crippen LogP) is 3.27. The zero-order valence-electron chi connectivity index (χ0n) is 11.8. The second kappa shape index (κ2) is 4.89. The molecule has 1 aromatic carbocycles. The molecule has 3 nitrogen and oxygen atoms in total. The lowest BCUT2D eigenvalue weighted by atomic mass is 9.90. The fraction of sp³-hybridized carbons (Fsp3) is 0.500. The van der Waals surface area contributed by atoms with Crippen molar-refractivity contribution in [1.29, 1.82) is 0 Å². The lowest BCUT2D eigenvalue weighted by molar-refractivity contribution is 0.197. The molecular formula is C16H23N3. The van der Waals surface area contributed by atoms with Crippen LogP contribution in [0.15, 0.2) is 30.5 Å². The Morgan fingerprint density at radius 2 is 1.84 bits per heavy atom. The van der Waals surface area contributed by atoms with Gasteiger partial charge in [-0.25, -0.2) is 0 Å². The first-order valence-electron chi connectivity index (χ1n) is 7.17. The van der Waals surface area contributed by atoms with Crippen LogP contribution in [0, 0.1) is 0 Å². The van der Waals surface area contributed by atoms with Crippen LogP contribution in [0.4, 0.5) is 5.69 Å². The van der Waals surface area contributed by atoms with Crippen LogP contribution in [0.25, 0.3) is 10.9 Å². The Balaban J connectivity index is 1.84. The summed E-state index contributed by atoms with van der Waals surface area (Å²) in [4.78, 5) is 2.36. The molecule has 0 unspecified atom stereocenters. The minimum Gasteiger partial charge on any atom is -0.399 e. The maximum absolute atomic E-state index is 5.92. The number of nitrogens with zero attached hydrogens (tertiary/aromatic N) is 2. The van der Waals surface area contributed by atoms with Gasteiger partial charge in [-0.15, -0.1) is 0 Å². The van der Waals surface area contributed by atoms with Crippen LogP contribution in [0.1, 0.15) is 31.7 Å². The van der Waals surface area contributed by atoms with E-state index in [9.17, 15) is 0 Å². The maximum atomic E-state index is 5.92. The van der Waals surface area contributed by atoms with Gasteiger partial charge in [-0.1, -0.05) is 6.07 Å². The largest absolute Gasteiger partial charge is 0.399 e. The van der Waals surface area contributed by atoms with Gasteiger partial charge in [-0.3, -0.25) is 0 Å². The normalized spacial score (nSPS) is 24.2. The van der Waals surface area contributed by atoms with E-state index in [4.69, 9.17) is 5.73 Å². The molecule has 1 saturated carbocycles. The summed E-state index contributed by atoms with van der Waals surface area (Å²) in [5.74, 6) is 0. The van der Waals surface area contributed by atoms with E-state index in [1.165, 1.54) is 36.6 Å². The van der Waals surface area contributed by atoms with Gasteiger partial charge in [0.05, 0.1) is 5.52 Å². The third-order valence-electron chi connectivity index (χ3n) is 4.54. The number of anilines is 1. The average Bonchev–Trinajstić information content (AvgIpc) is 2.81. The Kier molecular flexibility index (Phi) is 3.23. The summed E-state index contributed by atoms with van der Waals surface area (Å²) in [6, 6.07) is 9.79. The quantitative estimate of drug-likeness (QED) is 0.838. The summed E-state index contributed by atoms with van der Waals surface area (Å²) < 4.78 is 2.43. The first-order valence-corrected chi connectivity index (χ1v) is 7.17. The van der Waals surface area contributed by atoms with Gasteiger partial charge >= 0.3 is 0 Å². The molecular weight excluding hydrogens is 234 g/mol. The lowest BCUT2D eigenvalue weighted by Gasteiger charge is -2.33. The van der Waals surface area contributed by atoms with Gasteiger partial charge in [0.1, 0.15) is 0 Å². The minimum atomic E-state index is 0.635. The zero-order valence-corrected chi connectivity index (χ0v) is 11.8. The molecule has 19 heavy (non-hydrogen) atoms. The van der Waals surface area contributed by atoms with Crippen LogP contribution >= 0.6 is 0 Å². The first kappa shape index (κ1) is 12.5. The van der Waals surface area contributed by atoms with Crippen LogP contribution in [-0.4, -0.2) is 29.6 Å². The Morgan fingerprint density at radius 3 is 2.53 bits per heavy atom. The van der Waals surface area contributed by atoms with Crippen molar-refractivity contribution >= 4 is 16.6 Å². The summed E-state index contributed by atoms with van der Waals surface area (Å²) >= 11 is 0. The van der Waals surface area contributed by atoms with E-state index in [-0.39, 0.29) is 0 Å². The van der Waals surface area contributed by atoms with Gasteiger partial charge in [-0.2, -0.15) is 0 Å². The first-order chi connectivity index (χ1) is 9.15. The third kappa shape index (κ3) is 2.35. The van der Waals surface area contributed by atoms with Crippen molar-refractivity contribution in [3.63, 3.8) is 0 Å². The predicted molar refractivity (Wildman–Crippen MR) is 81.3 cm³/mol. The van der Waals surface area contributed by atoms with Gasteiger partial charge in [0.2, 0.25) is 0 Å². The van der Waals surface area contributed by atoms with Crippen LogP contribution in [0.2, 0.25) is 0 Å². The standard InChI is InChI=1S/C16H23N3/c1-18(2)14-5-7-15(8-6-14)19-10-9-12-3-4-13(17)11-16(12)19/h3-4,9-11,14-15H,5-8,17H2,1-2H3. The third-order valence-corrected chi connectivity index (χ3v) is 4.54. The molecule has 0 radical (unpaired) electrons. The van der Waals surface area contributed by atoms with Crippen molar-refractivity contribution in [3.05, 3.63) is 30.5 Å². The topological polar surface area (TPSA) is 34.2 Å². The SMILES string of the molecule is CN(C)C1CCC(n2ccc3ccc(N)cc32)CC1. The number of hydrogen-bond donors (Lipinski definition) is 1. The molecule has 0 bridgehead atoms. The number of rotatable bonds is 2. The molecule has 0 amide bonds. The number of hydrogen-bond acceptors (Lipinski definition) is 2. The van der Waals surface area contributed by atoms with Crippen LogP contribution in [0.3, 0.4) is 0 Å². The van der Waals surface area contributed by atoms with Gasteiger partial charge in [0.25, 0.3) is 0 Å². The number of fused-ring (bicyclic) bond motifs is 1. The van der Waals surface area contributed by atoms with Gasteiger partial charge in [0.15, 0.2) is 0 Å². The molecule has 0 aliphatic heterocycles. The summed E-state index contributed by atoms with van der Waals surface area (Å²) in [5, 5.41) is 1.30. The van der Waals surface area contributed by atoms with E-state index in [2.05, 4.69) is 48.0 Å². The summed E-state index contributed by atoms with van der Waals surface area (Å²) in [6.07, 6.45) is 7.34. The van der Waals surface area contributed by atoms with Gasteiger partial charge in [-0.05, 0) is 63.4 Å². The minimum absolute atomic E-state index is 0.635. The molecule has 102 valence electrons. The maximum Gasteiger partial charge on any atom is 0.0503 e. The molecule has 3 heteroatoms. The lowest BCUT2D eigenvalue weighted by Crippen LogP contribution is -2.32. The average molecular weight is 257 g/mol. The van der Waals surface area contributed by atoms with Crippen molar-refractivity contribution in [2.75, 3.05) is 19.8 Å². The second-order valence-electron chi connectivity index (χ2n) is 5.97. The Hall–Kier alpha value is -1.48. The molecule has 1 aliphatic rings. The number of benzene rings is 1. The van der Waals surface area contributed by atoms with Gasteiger partial charge < -0.3 is 15.2 Å². The highest BCUT2D eigenvalue weighted by Gasteiger charge is 2.23. The molecule has 1 heterocycles. The van der Waals surface area contributed by atoms with Crippen molar-refractivity contribution in [2.45, 2.75) is 37.8 Å². The molecule has 1 aliphatic carbocycles. The Labute approximate surface area is 115 Å². The molecule has 0 atom stereocenters. The van der Waals surface area contributed by atoms with E-state index in [1.54, 1.807) is 0 Å². The molecule has 0 saturated heterocycles. The van der Waals surface area contributed by atoms with E-state index < -0.39 is 0 Å². The van der Waals surface area contributed by atoms with Crippen LogP contribution in [0.5, 0.6) is 0 Å². The summed E-state index contributed by atoms with van der Waals surface area (Å²) in [7, 11) is 4.38. The van der Waals surface area contributed by atoms with E-state index in [1.807, 2.05) is 6.07 Å². The van der Waals surface area contributed by atoms with Crippen LogP contribution in [-0.2, 0) is 0 Å². The summed E-state index contributed by atoms with van der Waals surface area (Å²) in [5.41, 5.74) is 8.06. The smallest absolute Gasteiger partial charge is 0.0503 e. The molecule has 0 spiro atoms. The fourth-order valence-corrected chi connectivity index (χ4v) is 3.34. The van der Waals surface area contributed by atoms with Crippen molar-refractivity contribution < 1.29 is 0 Å². The highest BCUT2D eigenvalue weighted by atomic mass is 15.1. The monoisotopic (exact) mass is 257 g/mol. The van der Waals surface area contributed by atoms with E-state index in [0.717, 1.165) is 11.7 Å². The fourth-order valence-electron chi connectivity index (χ4n) is 3.34. The highest BCUT2D eigenvalue weighted by molar-refractivity contribution is 5.83. The van der Waals surface area contributed by atoms with Crippen molar-refractivity contribution in [1.82, 2.24) is 9.47 Å². The van der Waals surface area contributed by atoms with E-state index in [0.29, 0.717) is 6.04 Å². The molecule has 2 N–H and O–H groups in total. The number of nitrogens with two attached hydrogens (primary N) is 1. The molecule has 1 fully saturated rings. The van der Waals surface area contributed by atoms with Crippen molar-refractivity contribution in [2.24, 2.45) is 0 Å². The number of aromatic nitrogens is 1. The zero-order chi connectivity index (χ0) is 13.4. The van der Waals surface area contributed by atoms with E-state index >= 15 is 0 Å². The molecule has 2 aromatic rings.